The van der Waals surface area contributed by atoms with Crippen LogP contribution in [0.4, 0.5) is 4.79 Å². The highest BCUT2D eigenvalue weighted by Gasteiger charge is 1.94. The van der Waals surface area contributed by atoms with Crippen LogP contribution in [0.5, 0.6) is 0 Å². The first-order valence-corrected chi connectivity index (χ1v) is 2.51. The second-order valence-corrected chi connectivity index (χ2v) is 1.36. The number of hydrogen-bond donors (Lipinski definition) is 2. The van der Waals surface area contributed by atoms with Crippen LogP contribution in [0.25, 0.3) is 0 Å². The zero-order valence-electron chi connectivity index (χ0n) is 5.41. The average Bonchev–Trinajstić information content (AvgIpc) is 2.38. The van der Waals surface area contributed by atoms with Crippen LogP contribution in [0.1, 0.15) is 0 Å². The summed E-state index contributed by atoms with van der Waals surface area (Å²) in [6, 6.07) is 0. The molecule has 0 saturated carbocycles. The molecular weight excluding hydrogens is 152 g/mol. The highest BCUT2D eigenvalue weighted by atomic mass is 16.4. The summed E-state index contributed by atoms with van der Waals surface area (Å²) in [5, 5.41) is 15.1. The van der Waals surface area contributed by atoms with E-state index in [1.54, 1.807) is 0 Å². The van der Waals surface area contributed by atoms with E-state index in [1.807, 2.05) is 0 Å². The zero-order chi connectivity index (χ0) is 8.69. The lowest BCUT2D eigenvalue weighted by atomic mass is 10.9. The summed E-state index contributed by atoms with van der Waals surface area (Å²) in [5.41, 5.74) is 0. The van der Waals surface area contributed by atoms with Crippen LogP contribution in [0, 0.1) is 0 Å². The molecule has 2 N–H and O–H groups in total. The molecule has 0 unspecified atom stereocenters. The lowest BCUT2D eigenvalue weighted by Crippen LogP contribution is -2.03. The molecule has 1 rings (SSSR count). The van der Waals surface area contributed by atoms with Gasteiger partial charge in [-0.25, -0.2) is 14.3 Å². The molecule has 1 heterocycles. The molecule has 60 valence electrons. The van der Waals surface area contributed by atoms with E-state index >= 15 is 0 Å². The van der Waals surface area contributed by atoms with Crippen LogP contribution in [-0.2, 0) is 4.79 Å². The lowest BCUT2D eigenvalue weighted by Gasteiger charge is -1.85. The van der Waals surface area contributed by atoms with Crippen molar-refractivity contribution in [3.05, 3.63) is 18.7 Å². The summed E-state index contributed by atoms with van der Waals surface area (Å²) < 4.78 is 0.972. The second kappa shape index (κ2) is 4.98. The van der Waals surface area contributed by atoms with Gasteiger partial charge in [-0.1, -0.05) is 0 Å². The minimum Gasteiger partial charge on any atom is -0.483 e. The maximum Gasteiger partial charge on any atom is 0.416 e. The van der Waals surface area contributed by atoms with Crippen molar-refractivity contribution in [2.24, 2.45) is 0 Å². The SMILES string of the molecule is O=C(O)n1ccnc1.O=CO. The Morgan fingerprint density at radius 2 is 2.18 bits per heavy atom. The highest BCUT2D eigenvalue weighted by Crippen LogP contribution is 1.81. The number of rotatable bonds is 0. The molecule has 0 atom stereocenters. The third-order valence-electron chi connectivity index (χ3n) is 0.725. The third kappa shape index (κ3) is 3.68. The van der Waals surface area contributed by atoms with E-state index < -0.39 is 6.09 Å². The highest BCUT2D eigenvalue weighted by molar-refractivity contribution is 5.67. The van der Waals surface area contributed by atoms with Gasteiger partial charge in [0, 0.05) is 12.4 Å². The van der Waals surface area contributed by atoms with Crippen molar-refractivity contribution < 1.29 is 19.8 Å². The first-order chi connectivity index (χ1) is 5.22. The van der Waals surface area contributed by atoms with Crippen molar-refractivity contribution >= 4 is 12.6 Å². The Labute approximate surface area is 61.7 Å². The van der Waals surface area contributed by atoms with Crippen LogP contribution >= 0.6 is 0 Å². The first kappa shape index (κ1) is 9.15. The van der Waals surface area contributed by atoms with Gasteiger partial charge in [-0.15, -0.1) is 0 Å². The maximum absolute atomic E-state index is 9.98. The summed E-state index contributed by atoms with van der Waals surface area (Å²) >= 11 is 0. The normalized spacial score (nSPS) is 7.64. The van der Waals surface area contributed by atoms with E-state index in [1.165, 1.54) is 18.7 Å². The quantitative estimate of drug-likeness (QED) is 0.522. The van der Waals surface area contributed by atoms with Gasteiger partial charge >= 0.3 is 6.09 Å². The molecule has 0 bridgehead atoms. The predicted octanol–water partition coefficient (Wildman–Crippen LogP) is 0.110. The number of carboxylic acid groups (broad SMARTS) is 2. The van der Waals surface area contributed by atoms with Gasteiger partial charge in [0.2, 0.25) is 0 Å². The molecule has 6 heteroatoms. The fourth-order valence-corrected chi connectivity index (χ4v) is 0.372. The van der Waals surface area contributed by atoms with Crippen molar-refractivity contribution in [2.75, 3.05) is 0 Å². The summed E-state index contributed by atoms with van der Waals surface area (Å²) in [6.45, 7) is -0.250. The minimum atomic E-state index is -1.01. The Kier molecular flexibility index (Phi) is 4.14. The number of carbonyl (C=O) groups is 2. The molecule has 1 aromatic rings. The predicted molar refractivity (Wildman–Crippen MR) is 34.3 cm³/mol. The van der Waals surface area contributed by atoms with Gasteiger partial charge in [-0.05, 0) is 0 Å². The molecule has 0 saturated heterocycles. The average molecular weight is 158 g/mol. The Morgan fingerprint density at radius 3 is 2.36 bits per heavy atom. The first-order valence-electron chi connectivity index (χ1n) is 2.51. The smallest absolute Gasteiger partial charge is 0.416 e. The van der Waals surface area contributed by atoms with Crippen LogP contribution in [0.15, 0.2) is 18.7 Å². The third-order valence-corrected chi connectivity index (χ3v) is 0.725. The molecule has 0 aliphatic heterocycles. The molecule has 0 aromatic carbocycles. The molecule has 0 fully saturated rings. The molecule has 0 spiro atoms. The van der Waals surface area contributed by atoms with E-state index in [-0.39, 0.29) is 6.47 Å². The van der Waals surface area contributed by atoms with E-state index in [2.05, 4.69) is 4.98 Å². The molecule has 1 aromatic heterocycles. The second-order valence-electron chi connectivity index (χ2n) is 1.36. The summed E-state index contributed by atoms with van der Waals surface area (Å²) in [4.78, 5) is 21.9. The van der Waals surface area contributed by atoms with Crippen molar-refractivity contribution in [1.29, 1.82) is 0 Å². The van der Waals surface area contributed by atoms with Crippen molar-refractivity contribution in [3.8, 4) is 0 Å². The Bertz CT molecular complexity index is 218. The Balaban J connectivity index is 0.000000292. The van der Waals surface area contributed by atoms with Crippen LogP contribution in [0.3, 0.4) is 0 Å². The van der Waals surface area contributed by atoms with Crippen LogP contribution in [0.2, 0.25) is 0 Å². The van der Waals surface area contributed by atoms with Crippen molar-refractivity contribution in [2.45, 2.75) is 0 Å². The van der Waals surface area contributed by atoms with Gasteiger partial charge in [-0.2, -0.15) is 0 Å². The molecular formula is C5H6N2O4. The van der Waals surface area contributed by atoms with Gasteiger partial charge in [0.15, 0.2) is 0 Å². The standard InChI is InChI=1S/C4H4N2O2.CH2O2/c7-4(8)6-2-1-5-3-6;2-1-3/h1-3H,(H,7,8);1H,(H,2,3). The monoisotopic (exact) mass is 158 g/mol. The fraction of sp³-hybridized carbons (Fsp3) is 0. The van der Waals surface area contributed by atoms with Gasteiger partial charge in [0.1, 0.15) is 6.33 Å². The van der Waals surface area contributed by atoms with Gasteiger partial charge in [0.25, 0.3) is 6.47 Å². The number of nitrogens with zero attached hydrogens (tertiary/aromatic N) is 2. The molecule has 11 heavy (non-hydrogen) atoms. The minimum absolute atomic E-state index is 0.250. The largest absolute Gasteiger partial charge is 0.483 e. The van der Waals surface area contributed by atoms with E-state index in [0.717, 1.165) is 4.57 Å². The molecule has 0 radical (unpaired) electrons. The van der Waals surface area contributed by atoms with Gasteiger partial charge < -0.3 is 10.2 Å². The fourth-order valence-electron chi connectivity index (χ4n) is 0.372. The van der Waals surface area contributed by atoms with E-state index in [0.29, 0.717) is 0 Å². The van der Waals surface area contributed by atoms with Crippen molar-refractivity contribution in [3.63, 3.8) is 0 Å². The Morgan fingerprint density at radius 1 is 1.64 bits per heavy atom. The number of aromatic nitrogens is 2. The number of hydrogen-bond acceptors (Lipinski definition) is 3. The molecule has 0 aliphatic carbocycles. The topological polar surface area (TPSA) is 92.4 Å². The van der Waals surface area contributed by atoms with E-state index in [9.17, 15) is 4.79 Å². The summed E-state index contributed by atoms with van der Waals surface area (Å²) in [6.07, 6.45) is 2.99. The number of imidazole rings is 1. The Hall–Kier alpha value is -1.85. The van der Waals surface area contributed by atoms with Crippen molar-refractivity contribution in [1.82, 2.24) is 9.55 Å². The maximum atomic E-state index is 9.98. The summed E-state index contributed by atoms with van der Waals surface area (Å²) in [7, 11) is 0. The van der Waals surface area contributed by atoms with Gasteiger partial charge in [-0.3, -0.25) is 4.79 Å². The van der Waals surface area contributed by atoms with Crippen LogP contribution < -0.4 is 0 Å². The zero-order valence-corrected chi connectivity index (χ0v) is 5.41. The van der Waals surface area contributed by atoms with Crippen LogP contribution in [-0.4, -0.2) is 32.3 Å². The summed E-state index contributed by atoms with van der Waals surface area (Å²) in [5.74, 6) is 0. The molecule has 6 nitrogen and oxygen atoms in total. The van der Waals surface area contributed by atoms with E-state index in [4.69, 9.17) is 15.0 Å². The molecule has 0 amide bonds. The lowest BCUT2D eigenvalue weighted by molar-refractivity contribution is -0.122. The van der Waals surface area contributed by atoms with Gasteiger partial charge in [0.05, 0.1) is 0 Å². The molecule has 0 aliphatic rings.